The van der Waals surface area contributed by atoms with Crippen LogP contribution in [0.3, 0.4) is 0 Å². The molecule has 3 heterocycles. The Morgan fingerprint density at radius 1 is 0.972 bits per heavy atom. The fraction of sp³-hybridized carbons (Fsp3) is 0.346. The van der Waals surface area contributed by atoms with E-state index in [1.54, 1.807) is 4.90 Å². The molecule has 0 aliphatic carbocycles. The molecule has 188 valence electrons. The summed E-state index contributed by atoms with van der Waals surface area (Å²) in [4.78, 5) is 9.89. The fourth-order valence-corrected chi connectivity index (χ4v) is 4.97. The van der Waals surface area contributed by atoms with Gasteiger partial charge in [0.2, 0.25) is 5.95 Å². The molecule has 0 radical (unpaired) electrons. The number of benzene rings is 2. The maximum absolute atomic E-state index is 13.7. The lowest BCUT2D eigenvalue weighted by Gasteiger charge is -2.38. The van der Waals surface area contributed by atoms with Gasteiger partial charge >= 0.3 is 6.18 Å². The van der Waals surface area contributed by atoms with Gasteiger partial charge in [-0.05, 0) is 41.7 Å². The van der Waals surface area contributed by atoms with E-state index in [1.807, 2.05) is 42.5 Å². The molecule has 2 aliphatic rings. The normalized spacial score (nSPS) is 16.9. The van der Waals surface area contributed by atoms with E-state index in [0.29, 0.717) is 32.8 Å². The first kappa shape index (κ1) is 24.5. The molecule has 2 N–H and O–H groups in total. The molecule has 6 nitrogen and oxygen atoms in total. The molecular weight excluding hydrogens is 487 g/mol. The number of anilines is 2. The number of thiocarbonyl (C=S) groups is 1. The van der Waals surface area contributed by atoms with Gasteiger partial charge in [0.1, 0.15) is 5.82 Å². The molecule has 2 aliphatic heterocycles. The van der Waals surface area contributed by atoms with Crippen LogP contribution in [0.5, 0.6) is 0 Å². The highest BCUT2D eigenvalue weighted by atomic mass is 32.1. The summed E-state index contributed by atoms with van der Waals surface area (Å²) in [6, 6.07) is 18.9. The highest BCUT2D eigenvalue weighted by Gasteiger charge is 2.36. The van der Waals surface area contributed by atoms with Gasteiger partial charge in [-0.2, -0.15) is 18.2 Å². The largest absolute Gasteiger partial charge is 0.433 e. The predicted molar refractivity (Wildman–Crippen MR) is 136 cm³/mol. The van der Waals surface area contributed by atoms with Crippen LogP contribution in [-0.2, 0) is 29.4 Å². The third-order valence-corrected chi connectivity index (χ3v) is 7.06. The highest BCUT2D eigenvalue weighted by Crippen LogP contribution is 2.35. The number of halogens is 3. The Balaban J connectivity index is 1.33. The van der Waals surface area contributed by atoms with Gasteiger partial charge < -0.3 is 20.3 Å². The van der Waals surface area contributed by atoms with Crippen LogP contribution < -0.4 is 15.5 Å². The topological polar surface area (TPSA) is 62.3 Å². The molecular formula is C26H26F3N5OS. The first-order chi connectivity index (χ1) is 17.3. The van der Waals surface area contributed by atoms with Crippen LogP contribution in [0.2, 0.25) is 0 Å². The Hall–Kier alpha value is -3.24. The van der Waals surface area contributed by atoms with Crippen molar-refractivity contribution < 1.29 is 17.9 Å². The van der Waals surface area contributed by atoms with Crippen molar-refractivity contribution in [3.05, 3.63) is 83.0 Å². The van der Waals surface area contributed by atoms with Crippen LogP contribution >= 0.6 is 12.2 Å². The number of hydrogen-bond acceptors (Lipinski definition) is 5. The molecule has 5 rings (SSSR count). The van der Waals surface area contributed by atoms with Crippen LogP contribution in [0, 0.1) is 0 Å². The van der Waals surface area contributed by atoms with E-state index < -0.39 is 11.9 Å². The molecule has 1 aromatic heterocycles. The molecule has 36 heavy (non-hydrogen) atoms. The maximum Gasteiger partial charge on any atom is 0.433 e. The van der Waals surface area contributed by atoms with E-state index in [1.165, 1.54) is 5.56 Å². The third-order valence-electron chi connectivity index (χ3n) is 6.82. The summed E-state index contributed by atoms with van der Waals surface area (Å²) in [5.74, 6) is 0.0121. The third kappa shape index (κ3) is 5.29. The second-order valence-electron chi connectivity index (χ2n) is 9.12. The van der Waals surface area contributed by atoms with E-state index in [0.717, 1.165) is 30.0 Å². The molecule has 2 aromatic carbocycles. The Morgan fingerprint density at radius 3 is 2.25 bits per heavy atom. The van der Waals surface area contributed by atoms with Gasteiger partial charge in [0.05, 0.1) is 0 Å². The lowest BCUT2D eigenvalue weighted by molar-refractivity contribution is -0.141. The van der Waals surface area contributed by atoms with E-state index >= 15 is 0 Å². The molecule has 0 bridgehead atoms. The van der Waals surface area contributed by atoms with Crippen molar-refractivity contribution in [3.8, 4) is 0 Å². The van der Waals surface area contributed by atoms with E-state index in [4.69, 9.17) is 17.0 Å². The minimum absolute atomic E-state index is 0.173. The molecule has 0 amide bonds. The van der Waals surface area contributed by atoms with Crippen LogP contribution in [-0.4, -0.2) is 34.8 Å². The second kappa shape index (κ2) is 10.0. The molecule has 0 spiro atoms. The summed E-state index contributed by atoms with van der Waals surface area (Å²) in [5.41, 5.74) is 2.11. The van der Waals surface area contributed by atoms with E-state index in [2.05, 4.69) is 32.7 Å². The summed E-state index contributed by atoms with van der Waals surface area (Å²) < 4.78 is 46.6. The molecule has 1 fully saturated rings. The number of nitrogens with one attached hydrogen (secondary N) is 2. The Bertz CT molecular complexity index is 1210. The number of aromatic nitrogens is 2. The molecule has 0 atom stereocenters. The Labute approximate surface area is 212 Å². The average Bonchev–Trinajstić information content (AvgIpc) is 3.32. The number of rotatable bonds is 5. The summed E-state index contributed by atoms with van der Waals surface area (Å²) >= 11 is 5.45. The zero-order chi connectivity index (χ0) is 25.2. The highest BCUT2D eigenvalue weighted by molar-refractivity contribution is 7.80. The molecule has 0 unspecified atom stereocenters. The minimum atomic E-state index is -4.62. The first-order valence-electron chi connectivity index (χ1n) is 11.8. The molecule has 10 heteroatoms. The number of ether oxygens (including phenoxy) is 1. The van der Waals surface area contributed by atoms with Crippen molar-refractivity contribution in [2.24, 2.45) is 0 Å². The van der Waals surface area contributed by atoms with Gasteiger partial charge in [-0.1, -0.05) is 54.6 Å². The van der Waals surface area contributed by atoms with Crippen molar-refractivity contribution in [2.45, 2.75) is 37.5 Å². The number of fused-ring (bicyclic) bond motifs is 1. The minimum Gasteiger partial charge on any atom is -0.381 e. The Kier molecular flexibility index (Phi) is 6.81. The van der Waals surface area contributed by atoms with Gasteiger partial charge in [0.25, 0.3) is 0 Å². The predicted octanol–water partition coefficient (Wildman–Crippen LogP) is 5.05. The SMILES string of the molecule is FC(F)(F)c1cc(N2Cc3ccccc3C2)nc(NC(=S)NCC2(c3ccccc3)CCOCC2)n1. The van der Waals surface area contributed by atoms with Crippen molar-refractivity contribution >= 4 is 29.1 Å². The lowest BCUT2D eigenvalue weighted by atomic mass is 9.74. The van der Waals surface area contributed by atoms with Gasteiger partial charge in [-0.25, -0.2) is 4.98 Å². The molecule has 3 aromatic rings. The first-order valence-corrected chi connectivity index (χ1v) is 12.2. The van der Waals surface area contributed by atoms with Crippen LogP contribution in [0.25, 0.3) is 0 Å². The van der Waals surface area contributed by atoms with Gasteiger partial charge in [0.15, 0.2) is 10.8 Å². The number of alkyl halides is 3. The van der Waals surface area contributed by atoms with Gasteiger partial charge in [0, 0.05) is 44.3 Å². The number of hydrogen-bond donors (Lipinski definition) is 2. The van der Waals surface area contributed by atoms with Crippen molar-refractivity contribution in [1.82, 2.24) is 15.3 Å². The average molecular weight is 514 g/mol. The second-order valence-corrected chi connectivity index (χ2v) is 9.53. The summed E-state index contributed by atoms with van der Waals surface area (Å²) in [5, 5.41) is 6.15. The van der Waals surface area contributed by atoms with Crippen molar-refractivity contribution in [3.63, 3.8) is 0 Å². The summed E-state index contributed by atoms with van der Waals surface area (Å²) in [6.45, 7) is 2.74. The van der Waals surface area contributed by atoms with Gasteiger partial charge in [-0.15, -0.1) is 0 Å². The van der Waals surface area contributed by atoms with E-state index in [9.17, 15) is 13.2 Å². The van der Waals surface area contributed by atoms with Gasteiger partial charge in [-0.3, -0.25) is 0 Å². The lowest BCUT2D eigenvalue weighted by Crippen LogP contribution is -2.45. The van der Waals surface area contributed by atoms with Crippen LogP contribution in [0.15, 0.2) is 60.7 Å². The fourth-order valence-electron chi connectivity index (χ4n) is 4.81. The number of nitrogens with zero attached hydrogens (tertiary/aromatic N) is 3. The summed E-state index contributed by atoms with van der Waals surface area (Å²) in [6.07, 6.45) is -2.99. The molecule has 0 saturated carbocycles. The monoisotopic (exact) mass is 513 g/mol. The van der Waals surface area contributed by atoms with Crippen LogP contribution in [0.4, 0.5) is 24.9 Å². The Morgan fingerprint density at radius 2 is 1.61 bits per heavy atom. The van der Waals surface area contributed by atoms with Crippen molar-refractivity contribution in [2.75, 3.05) is 30.0 Å². The quantitative estimate of drug-likeness (QED) is 0.463. The summed E-state index contributed by atoms with van der Waals surface area (Å²) in [7, 11) is 0. The van der Waals surface area contributed by atoms with Crippen LogP contribution in [0.1, 0.15) is 35.2 Å². The standard InChI is InChI=1S/C26H26F3N5OS/c27-26(28,29)21-14-22(34-15-18-6-4-5-7-19(18)16-34)32-23(31-21)33-24(36)30-17-25(10-12-35-13-11-25)20-8-2-1-3-9-20/h1-9,14H,10-13,15-17H2,(H2,30,31,32,33,36). The zero-order valence-corrected chi connectivity index (χ0v) is 20.3. The maximum atomic E-state index is 13.7. The van der Waals surface area contributed by atoms with Crippen molar-refractivity contribution in [1.29, 1.82) is 0 Å². The molecule has 1 saturated heterocycles. The van der Waals surface area contributed by atoms with E-state index in [-0.39, 0.29) is 22.3 Å². The zero-order valence-electron chi connectivity index (χ0n) is 19.5. The smallest absolute Gasteiger partial charge is 0.381 e.